The summed E-state index contributed by atoms with van der Waals surface area (Å²) in [7, 11) is 2.08. The molecule has 4 atom stereocenters. The Balaban J connectivity index is 1.34. The van der Waals surface area contributed by atoms with Crippen molar-refractivity contribution in [1.82, 2.24) is 24.6 Å². The number of benzene rings is 1. The lowest BCUT2D eigenvalue weighted by Crippen LogP contribution is -2.54. The number of carbonyl (C=O) groups is 3. The normalized spacial score (nSPS) is 27.0. The highest BCUT2D eigenvalue weighted by Gasteiger charge is 2.51. The second-order valence-electron chi connectivity index (χ2n) is 16.4. The van der Waals surface area contributed by atoms with Crippen LogP contribution in [0.15, 0.2) is 35.8 Å². The molecule has 0 spiro atoms. The van der Waals surface area contributed by atoms with Gasteiger partial charge in [0.25, 0.3) is 0 Å². The van der Waals surface area contributed by atoms with Crippen molar-refractivity contribution in [2.45, 2.75) is 90.8 Å². The summed E-state index contributed by atoms with van der Waals surface area (Å²) >= 11 is 7.85. The Bertz CT molecular complexity index is 1440. The van der Waals surface area contributed by atoms with Gasteiger partial charge < -0.3 is 24.5 Å². The summed E-state index contributed by atoms with van der Waals surface area (Å²) in [5.74, 6) is -0.308. The summed E-state index contributed by atoms with van der Waals surface area (Å²) in [6, 6.07) is 7.12. The molecule has 3 amide bonds. The number of amides is 3. The van der Waals surface area contributed by atoms with E-state index < -0.39 is 11.5 Å². The van der Waals surface area contributed by atoms with Crippen LogP contribution in [0.4, 0.5) is 5.13 Å². The van der Waals surface area contributed by atoms with Gasteiger partial charge in [0, 0.05) is 79.8 Å². The highest BCUT2D eigenvalue weighted by molar-refractivity contribution is 7.13. The van der Waals surface area contributed by atoms with Gasteiger partial charge in [-0.15, -0.1) is 11.3 Å². The molecule has 3 aliphatic heterocycles. The number of likely N-dealkylation sites (N-methyl/N-ethyl adjacent to an activating group) is 1. The van der Waals surface area contributed by atoms with E-state index >= 15 is 4.79 Å². The third kappa shape index (κ3) is 7.41. The second kappa shape index (κ2) is 13.9. The molecule has 1 aliphatic carbocycles. The average Bonchev–Trinajstić information content (AvgIpc) is 3.82. The highest BCUT2D eigenvalue weighted by Crippen LogP contribution is 2.42. The first-order valence-electron chi connectivity index (χ1n) is 17.7. The lowest BCUT2D eigenvalue weighted by atomic mass is 9.74. The molecule has 3 saturated heterocycles. The number of thiazole rings is 1. The minimum Gasteiger partial charge on any atom is -0.347 e. The van der Waals surface area contributed by atoms with Crippen molar-refractivity contribution in [2.24, 2.45) is 16.7 Å². The molecule has 4 aliphatic rings. The standard InChI is InChI=1S/C37H53ClN6O3S/c1-36(2,3)34(47)44(27-11-13-37(4,5)14-12-27)28-21-31(33(46)41-18-16-40(6)17-19-41)43(22-28)32(45)30-24-42(35-39-15-20-48-35)23-29(30)25-7-9-26(38)10-8-25/h7-10,15,20,27-31H,11-14,16-19,21-24H2,1-6H3/t28-,29-,30+,31+/m0/s1. The Morgan fingerprint density at radius 1 is 0.938 bits per heavy atom. The molecule has 262 valence electrons. The topological polar surface area (TPSA) is 80.3 Å². The number of hydrogen-bond donors (Lipinski definition) is 0. The average molecular weight is 697 g/mol. The van der Waals surface area contributed by atoms with E-state index in [2.05, 4.69) is 40.6 Å². The fourth-order valence-corrected chi connectivity index (χ4v) is 9.04. The van der Waals surface area contributed by atoms with Gasteiger partial charge >= 0.3 is 0 Å². The van der Waals surface area contributed by atoms with Crippen LogP contribution in [0, 0.1) is 16.7 Å². The van der Waals surface area contributed by atoms with E-state index in [1.165, 1.54) is 0 Å². The monoisotopic (exact) mass is 696 g/mol. The number of rotatable bonds is 6. The van der Waals surface area contributed by atoms with Crippen LogP contribution < -0.4 is 4.90 Å². The van der Waals surface area contributed by atoms with E-state index in [-0.39, 0.29) is 47.1 Å². The van der Waals surface area contributed by atoms with E-state index in [0.29, 0.717) is 44.2 Å². The van der Waals surface area contributed by atoms with Gasteiger partial charge in [0.05, 0.1) is 12.0 Å². The van der Waals surface area contributed by atoms with Gasteiger partial charge in [-0.2, -0.15) is 0 Å². The van der Waals surface area contributed by atoms with Crippen LogP contribution in [0.1, 0.15) is 78.2 Å². The molecule has 4 fully saturated rings. The molecule has 1 aromatic carbocycles. The quantitative estimate of drug-likeness (QED) is 0.391. The molecule has 0 radical (unpaired) electrons. The third-order valence-electron chi connectivity index (χ3n) is 11.3. The zero-order chi connectivity index (χ0) is 34.4. The molecule has 0 N–H and O–H groups in total. The largest absolute Gasteiger partial charge is 0.347 e. The van der Waals surface area contributed by atoms with E-state index in [4.69, 9.17) is 11.6 Å². The molecule has 4 heterocycles. The van der Waals surface area contributed by atoms with Crippen LogP contribution in [0.25, 0.3) is 0 Å². The zero-order valence-corrected chi connectivity index (χ0v) is 31.1. The maximum absolute atomic E-state index is 15.0. The first-order chi connectivity index (χ1) is 22.7. The van der Waals surface area contributed by atoms with Crippen molar-refractivity contribution in [3.05, 3.63) is 46.4 Å². The predicted octanol–water partition coefficient (Wildman–Crippen LogP) is 5.60. The molecular weight excluding hydrogens is 644 g/mol. The number of hydrogen-bond acceptors (Lipinski definition) is 7. The van der Waals surface area contributed by atoms with Crippen LogP contribution >= 0.6 is 22.9 Å². The van der Waals surface area contributed by atoms with Crippen molar-refractivity contribution in [3.63, 3.8) is 0 Å². The fraction of sp³-hybridized carbons (Fsp3) is 0.676. The SMILES string of the molecule is CN1CCN(C(=O)[C@H]2C[C@H](N(C(=O)C(C)(C)C)C3CCC(C)(C)CC3)CN2C(=O)[C@@H]2CN(c3nccs3)C[C@H]2c2ccc(Cl)cc2)CC1. The highest BCUT2D eigenvalue weighted by atomic mass is 35.5. The van der Waals surface area contributed by atoms with Crippen LogP contribution in [0.2, 0.25) is 5.02 Å². The first kappa shape index (κ1) is 35.1. The van der Waals surface area contributed by atoms with Gasteiger partial charge in [-0.1, -0.05) is 58.4 Å². The minimum atomic E-state index is -0.596. The van der Waals surface area contributed by atoms with Gasteiger partial charge in [0.1, 0.15) is 6.04 Å². The van der Waals surface area contributed by atoms with Crippen molar-refractivity contribution in [3.8, 4) is 0 Å². The molecule has 1 aromatic heterocycles. The molecule has 6 rings (SSSR count). The number of halogens is 1. The molecule has 48 heavy (non-hydrogen) atoms. The van der Waals surface area contributed by atoms with Crippen LogP contribution in [0.5, 0.6) is 0 Å². The van der Waals surface area contributed by atoms with E-state index in [1.54, 1.807) is 17.5 Å². The Morgan fingerprint density at radius 3 is 2.21 bits per heavy atom. The van der Waals surface area contributed by atoms with Crippen molar-refractivity contribution in [1.29, 1.82) is 0 Å². The molecular formula is C37H53ClN6O3S. The van der Waals surface area contributed by atoms with E-state index in [0.717, 1.165) is 49.5 Å². The minimum absolute atomic E-state index is 0.00285. The maximum Gasteiger partial charge on any atom is 0.245 e. The Kier molecular flexibility index (Phi) is 10.2. The number of carbonyl (C=O) groups excluding carboxylic acids is 3. The number of aromatic nitrogens is 1. The molecule has 1 saturated carbocycles. The molecule has 11 heteroatoms. The van der Waals surface area contributed by atoms with Crippen LogP contribution in [-0.4, -0.2) is 113 Å². The third-order valence-corrected chi connectivity index (χ3v) is 12.3. The lowest BCUT2D eigenvalue weighted by Gasteiger charge is -2.45. The van der Waals surface area contributed by atoms with Crippen LogP contribution in [-0.2, 0) is 14.4 Å². The molecule has 2 aromatic rings. The van der Waals surface area contributed by atoms with Gasteiger partial charge in [0.2, 0.25) is 17.7 Å². The van der Waals surface area contributed by atoms with Gasteiger partial charge in [-0.3, -0.25) is 14.4 Å². The molecule has 9 nitrogen and oxygen atoms in total. The number of piperazine rings is 1. The van der Waals surface area contributed by atoms with E-state index in [1.807, 2.05) is 60.2 Å². The summed E-state index contributed by atoms with van der Waals surface area (Å²) in [5.41, 5.74) is 0.747. The summed E-state index contributed by atoms with van der Waals surface area (Å²) in [4.78, 5) is 58.7. The summed E-state index contributed by atoms with van der Waals surface area (Å²) < 4.78 is 0. The molecule has 0 bridgehead atoms. The summed E-state index contributed by atoms with van der Waals surface area (Å²) in [6.07, 6.45) is 6.29. The Morgan fingerprint density at radius 2 is 1.60 bits per heavy atom. The lowest BCUT2D eigenvalue weighted by molar-refractivity contribution is -0.147. The van der Waals surface area contributed by atoms with Crippen molar-refractivity contribution in [2.75, 3.05) is 57.8 Å². The maximum atomic E-state index is 15.0. The second-order valence-corrected chi connectivity index (χ2v) is 17.7. The Hall–Kier alpha value is -2.69. The van der Waals surface area contributed by atoms with Gasteiger partial charge in [0.15, 0.2) is 5.13 Å². The fourth-order valence-electron chi connectivity index (χ4n) is 8.25. The zero-order valence-electron chi connectivity index (χ0n) is 29.5. The predicted molar refractivity (Wildman–Crippen MR) is 192 cm³/mol. The van der Waals surface area contributed by atoms with Gasteiger partial charge in [-0.25, -0.2) is 4.98 Å². The smallest absolute Gasteiger partial charge is 0.245 e. The summed E-state index contributed by atoms with van der Waals surface area (Å²) in [5, 5.41) is 3.52. The van der Waals surface area contributed by atoms with Crippen molar-refractivity contribution >= 4 is 45.8 Å². The molecule has 0 unspecified atom stereocenters. The Labute approximate surface area is 295 Å². The number of likely N-dealkylation sites (tertiary alicyclic amines) is 1. The first-order valence-corrected chi connectivity index (χ1v) is 19.0. The number of anilines is 1. The van der Waals surface area contributed by atoms with Crippen molar-refractivity contribution < 1.29 is 14.4 Å². The number of nitrogens with zero attached hydrogens (tertiary/aromatic N) is 6. The van der Waals surface area contributed by atoms with Gasteiger partial charge in [-0.05, 0) is 62.3 Å². The summed E-state index contributed by atoms with van der Waals surface area (Å²) in [6.45, 7) is 15.1. The van der Waals surface area contributed by atoms with E-state index in [9.17, 15) is 9.59 Å². The van der Waals surface area contributed by atoms with Crippen LogP contribution in [0.3, 0.4) is 0 Å².